The molecule has 1 aromatic carbocycles. The summed E-state index contributed by atoms with van der Waals surface area (Å²) in [6.45, 7) is 1.52. The molecular weight excluding hydrogens is 321 g/mol. The largest absolute Gasteiger partial charge is 0.420 e. The number of amides is 1. The van der Waals surface area contributed by atoms with Crippen LogP contribution in [0.3, 0.4) is 0 Å². The highest BCUT2D eigenvalue weighted by atomic mass is 19.1. The van der Waals surface area contributed by atoms with E-state index in [9.17, 15) is 9.18 Å². The highest BCUT2D eigenvalue weighted by molar-refractivity contribution is 5.79. The number of rotatable bonds is 3. The van der Waals surface area contributed by atoms with Crippen molar-refractivity contribution in [2.45, 2.75) is 44.4 Å². The number of carbonyl (C=O) groups excluding carboxylic acids is 1. The van der Waals surface area contributed by atoms with Crippen LogP contribution >= 0.6 is 0 Å². The summed E-state index contributed by atoms with van der Waals surface area (Å²) in [7, 11) is 0. The summed E-state index contributed by atoms with van der Waals surface area (Å²) < 4.78 is 18.8. The molecule has 0 spiro atoms. The highest BCUT2D eigenvalue weighted by Gasteiger charge is 2.32. The molecule has 1 saturated heterocycles. The fourth-order valence-electron chi connectivity index (χ4n) is 3.89. The Kier molecular flexibility index (Phi) is 4.51. The SMILES string of the molecule is O=C(C1CCCC1)N1CCC(c2nnc(-c3ccc(F)cc3)o2)CC1. The van der Waals surface area contributed by atoms with Crippen molar-refractivity contribution in [2.75, 3.05) is 13.1 Å². The van der Waals surface area contributed by atoms with Crippen molar-refractivity contribution >= 4 is 5.91 Å². The lowest BCUT2D eigenvalue weighted by Gasteiger charge is -2.32. The van der Waals surface area contributed by atoms with Crippen LogP contribution in [0.25, 0.3) is 11.5 Å². The number of hydrogen-bond donors (Lipinski definition) is 0. The maximum Gasteiger partial charge on any atom is 0.247 e. The third-order valence-electron chi connectivity index (χ3n) is 5.39. The summed E-state index contributed by atoms with van der Waals surface area (Å²) >= 11 is 0. The average molecular weight is 343 g/mol. The molecular formula is C19H22FN3O2. The molecule has 0 radical (unpaired) electrons. The molecule has 2 heterocycles. The number of carbonyl (C=O) groups is 1. The van der Waals surface area contributed by atoms with Crippen molar-refractivity contribution in [3.05, 3.63) is 36.0 Å². The summed E-state index contributed by atoms with van der Waals surface area (Å²) in [6, 6.07) is 6.03. The molecule has 132 valence electrons. The van der Waals surface area contributed by atoms with Crippen LogP contribution in [0, 0.1) is 11.7 Å². The first kappa shape index (κ1) is 16.2. The number of halogens is 1. The Morgan fingerprint density at radius 1 is 1.04 bits per heavy atom. The topological polar surface area (TPSA) is 59.2 Å². The molecule has 2 aromatic rings. The molecule has 5 nitrogen and oxygen atoms in total. The van der Waals surface area contributed by atoms with Crippen molar-refractivity contribution in [1.82, 2.24) is 15.1 Å². The Hall–Kier alpha value is -2.24. The van der Waals surface area contributed by atoms with Crippen LogP contribution in [0.1, 0.15) is 50.3 Å². The fourth-order valence-corrected chi connectivity index (χ4v) is 3.89. The van der Waals surface area contributed by atoms with E-state index >= 15 is 0 Å². The molecule has 6 heteroatoms. The van der Waals surface area contributed by atoms with E-state index in [1.165, 1.54) is 25.0 Å². The second-order valence-electron chi connectivity index (χ2n) is 7.03. The second-order valence-corrected chi connectivity index (χ2v) is 7.03. The van der Waals surface area contributed by atoms with Crippen LogP contribution in [-0.4, -0.2) is 34.1 Å². The van der Waals surface area contributed by atoms with Crippen molar-refractivity contribution < 1.29 is 13.6 Å². The first-order chi connectivity index (χ1) is 12.2. The van der Waals surface area contributed by atoms with Gasteiger partial charge in [0.15, 0.2) is 0 Å². The van der Waals surface area contributed by atoms with Crippen molar-refractivity contribution in [3.63, 3.8) is 0 Å². The molecule has 1 amide bonds. The molecule has 1 aromatic heterocycles. The summed E-state index contributed by atoms with van der Waals surface area (Å²) in [6.07, 6.45) is 6.15. The van der Waals surface area contributed by atoms with Gasteiger partial charge in [-0.25, -0.2) is 4.39 Å². The van der Waals surface area contributed by atoms with E-state index in [0.717, 1.165) is 38.8 Å². The van der Waals surface area contributed by atoms with Crippen LogP contribution in [0.15, 0.2) is 28.7 Å². The molecule has 1 saturated carbocycles. The number of hydrogen-bond acceptors (Lipinski definition) is 4. The Morgan fingerprint density at radius 2 is 1.72 bits per heavy atom. The number of likely N-dealkylation sites (tertiary alicyclic amines) is 1. The van der Waals surface area contributed by atoms with E-state index in [1.807, 2.05) is 4.90 Å². The predicted octanol–water partition coefficient (Wildman–Crippen LogP) is 3.77. The van der Waals surface area contributed by atoms with Gasteiger partial charge in [0.05, 0.1) is 0 Å². The lowest BCUT2D eigenvalue weighted by atomic mass is 9.95. The van der Waals surface area contributed by atoms with E-state index in [2.05, 4.69) is 10.2 Å². The van der Waals surface area contributed by atoms with Gasteiger partial charge >= 0.3 is 0 Å². The van der Waals surface area contributed by atoms with Crippen molar-refractivity contribution in [1.29, 1.82) is 0 Å². The van der Waals surface area contributed by atoms with Gasteiger partial charge < -0.3 is 9.32 Å². The van der Waals surface area contributed by atoms with E-state index in [1.54, 1.807) is 12.1 Å². The molecule has 0 unspecified atom stereocenters. The van der Waals surface area contributed by atoms with Gasteiger partial charge in [-0.1, -0.05) is 12.8 Å². The lowest BCUT2D eigenvalue weighted by molar-refractivity contribution is -0.136. The second kappa shape index (κ2) is 6.94. The minimum absolute atomic E-state index is 0.189. The van der Waals surface area contributed by atoms with E-state index in [4.69, 9.17) is 4.42 Å². The van der Waals surface area contributed by atoms with Crippen LogP contribution in [0.5, 0.6) is 0 Å². The lowest BCUT2D eigenvalue weighted by Crippen LogP contribution is -2.40. The standard InChI is InChI=1S/C19H22FN3O2/c20-16-7-5-13(6-8-16)17-21-22-18(25-17)14-9-11-23(12-10-14)19(24)15-3-1-2-4-15/h5-8,14-15H,1-4,9-12H2. The van der Waals surface area contributed by atoms with Crippen molar-refractivity contribution in [2.24, 2.45) is 5.92 Å². The normalized spacial score (nSPS) is 19.5. The number of aromatic nitrogens is 2. The monoisotopic (exact) mass is 343 g/mol. The molecule has 2 aliphatic rings. The third-order valence-corrected chi connectivity index (χ3v) is 5.39. The summed E-state index contributed by atoms with van der Waals surface area (Å²) in [5.41, 5.74) is 0.717. The van der Waals surface area contributed by atoms with Gasteiger partial charge in [0.1, 0.15) is 5.82 Å². The maximum atomic E-state index is 13.0. The fraction of sp³-hybridized carbons (Fsp3) is 0.526. The predicted molar refractivity (Wildman–Crippen MR) is 90.2 cm³/mol. The molecule has 1 aliphatic carbocycles. The first-order valence-electron chi connectivity index (χ1n) is 9.09. The van der Waals surface area contributed by atoms with Gasteiger partial charge in [0.25, 0.3) is 0 Å². The zero-order valence-electron chi connectivity index (χ0n) is 14.2. The minimum Gasteiger partial charge on any atom is -0.420 e. The van der Waals surface area contributed by atoms with Gasteiger partial charge in [0, 0.05) is 30.5 Å². The summed E-state index contributed by atoms with van der Waals surface area (Å²) in [4.78, 5) is 14.5. The molecule has 0 bridgehead atoms. The van der Waals surface area contributed by atoms with Crippen LogP contribution in [0.4, 0.5) is 4.39 Å². The number of benzene rings is 1. The maximum absolute atomic E-state index is 13.0. The van der Waals surface area contributed by atoms with Gasteiger partial charge in [-0.15, -0.1) is 10.2 Å². The Bertz CT molecular complexity index is 729. The van der Waals surface area contributed by atoms with Gasteiger partial charge in [0.2, 0.25) is 17.7 Å². The third kappa shape index (κ3) is 3.43. The van der Waals surface area contributed by atoms with E-state index in [0.29, 0.717) is 23.3 Å². The number of nitrogens with zero attached hydrogens (tertiary/aromatic N) is 3. The summed E-state index contributed by atoms with van der Waals surface area (Å²) in [5.74, 6) is 1.50. The molecule has 2 fully saturated rings. The smallest absolute Gasteiger partial charge is 0.247 e. The van der Waals surface area contributed by atoms with E-state index in [-0.39, 0.29) is 17.7 Å². The van der Waals surface area contributed by atoms with Crippen LogP contribution < -0.4 is 0 Å². The molecule has 0 N–H and O–H groups in total. The summed E-state index contributed by atoms with van der Waals surface area (Å²) in [5, 5.41) is 8.26. The highest BCUT2D eigenvalue weighted by Crippen LogP contribution is 2.32. The minimum atomic E-state index is -0.289. The number of piperidine rings is 1. The Balaban J connectivity index is 1.38. The zero-order valence-corrected chi connectivity index (χ0v) is 14.2. The Labute approximate surface area is 146 Å². The molecule has 0 atom stereocenters. The molecule has 1 aliphatic heterocycles. The zero-order chi connectivity index (χ0) is 17.2. The Morgan fingerprint density at radius 3 is 2.40 bits per heavy atom. The van der Waals surface area contributed by atoms with E-state index < -0.39 is 0 Å². The molecule has 25 heavy (non-hydrogen) atoms. The van der Waals surface area contributed by atoms with Crippen LogP contribution in [0.2, 0.25) is 0 Å². The first-order valence-corrected chi connectivity index (χ1v) is 9.09. The van der Waals surface area contributed by atoms with Crippen molar-refractivity contribution in [3.8, 4) is 11.5 Å². The van der Waals surface area contributed by atoms with Gasteiger partial charge in [-0.05, 0) is 49.9 Å². The van der Waals surface area contributed by atoms with Gasteiger partial charge in [-0.2, -0.15) is 0 Å². The quantitative estimate of drug-likeness (QED) is 0.851. The van der Waals surface area contributed by atoms with Gasteiger partial charge in [-0.3, -0.25) is 4.79 Å². The molecule has 4 rings (SSSR count). The van der Waals surface area contributed by atoms with Crippen LogP contribution in [-0.2, 0) is 4.79 Å². The average Bonchev–Trinajstić information content (AvgIpc) is 3.34.